The molecule has 2 fully saturated rings. The molecule has 4 N–H and O–H groups in total. The second-order valence-electron chi connectivity index (χ2n) is 9.95. The van der Waals surface area contributed by atoms with Crippen molar-refractivity contribution in [3.63, 3.8) is 0 Å². The molecular weight excluding hydrogens is 456 g/mol. The minimum absolute atomic E-state index is 0.0546. The molecule has 2 saturated carbocycles. The zero-order chi connectivity index (χ0) is 26.0. The number of likely N-dealkylation sites (N-methyl/N-ethyl adjacent to an activating group) is 1. The number of phenolic OH excluding ortho intramolecular Hbond substituents is 1. The molecule has 0 aliphatic heterocycles. The van der Waals surface area contributed by atoms with Crippen LogP contribution in [0.2, 0.25) is 0 Å². The van der Waals surface area contributed by atoms with Gasteiger partial charge in [-0.2, -0.15) is 0 Å². The van der Waals surface area contributed by atoms with E-state index < -0.39 is 70.1 Å². The van der Waals surface area contributed by atoms with Gasteiger partial charge in [-0.15, -0.1) is 0 Å². The molecule has 0 saturated heterocycles. The maximum absolute atomic E-state index is 13.7. The highest BCUT2D eigenvalue weighted by atomic mass is 16.3. The summed E-state index contributed by atoms with van der Waals surface area (Å²) in [5.41, 5.74) is 2.98. The van der Waals surface area contributed by atoms with Crippen molar-refractivity contribution in [3.8, 4) is 5.75 Å². The zero-order valence-electron chi connectivity index (χ0n) is 19.7. The van der Waals surface area contributed by atoms with Gasteiger partial charge in [0.25, 0.3) is 0 Å². The Morgan fingerprint density at radius 3 is 2.37 bits per heavy atom. The predicted octanol–water partition coefficient (Wildman–Crippen LogP) is -0.150. The largest absolute Gasteiger partial charge is 0.507 e. The molecule has 6 atom stereocenters. The van der Waals surface area contributed by atoms with Crippen molar-refractivity contribution in [2.75, 3.05) is 14.1 Å². The van der Waals surface area contributed by atoms with Crippen LogP contribution in [0.15, 0.2) is 12.1 Å². The van der Waals surface area contributed by atoms with Gasteiger partial charge in [0.2, 0.25) is 5.91 Å². The van der Waals surface area contributed by atoms with E-state index in [9.17, 15) is 39.0 Å². The number of amides is 1. The Balaban J connectivity index is 1.87. The summed E-state index contributed by atoms with van der Waals surface area (Å²) in [6, 6.07) is 1.51. The number of aliphatic hydroxyl groups is 1. The lowest BCUT2D eigenvalue weighted by Crippen LogP contribution is -2.74. The number of nitrogens with zero attached hydrogens (tertiary/aromatic N) is 1. The lowest BCUT2D eigenvalue weighted by atomic mass is 9.52. The number of nitrogens with two attached hydrogens (primary N) is 1. The van der Waals surface area contributed by atoms with Gasteiger partial charge >= 0.3 is 0 Å². The highest BCUT2D eigenvalue weighted by molar-refractivity contribution is 6.32. The van der Waals surface area contributed by atoms with E-state index in [0.717, 1.165) is 0 Å². The molecule has 0 heterocycles. The molecule has 3 aliphatic rings. The third-order valence-corrected chi connectivity index (χ3v) is 7.72. The van der Waals surface area contributed by atoms with E-state index in [-0.39, 0.29) is 36.2 Å². The summed E-state index contributed by atoms with van der Waals surface area (Å²) in [4.78, 5) is 79.7. The summed E-state index contributed by atoms with van der Waals surface area (Å²) in [6.07, 6.45) is 0.838. The van der Waals surface area contributed by atoms with Crippen LogP contribution in [-0.2, 0) is 25.6 Å². The summed E-state index contributed by atoms with van der Waals surface area (Å²) in [5.74, 6) is -11.3. The Bertz CT molecular complexity index is 1190. The smallest absolute Gasteiger partial charge is 0.235 e. The first kappa shape index (κ1) is 24.9. The van der Waals surface area contributed by atoms with E-state index in [1.807, 2.05) is 6.92 Å². The van der Waals surface area contributed by atoms with Gasteiger partial charge in [0.05, 0.1) is 17.5 Å². The molecular formula is C25H28N2O8. The number of aromatic hydroxyl groups is 1. The number of ketones is 5. The average Bonchev–Trinajstić information content (AvgIpc) is 2.76. The van der Waals surface area contributed by atoms with Crippen LogP contribution in [0.3, 0.4) is 0 Å². The second-order valence-corrected chi connectivity index (χ2v) is 9.95. The molecule has 10 heteroatoms. The van der Waals surface area contributed by atoms with Crippen LogP contribution in [0.1, 0.15) is 52.5 Å². The van der Waals surface area contributed by atoms with Crippen molar-refractivity contribution < 1.29 is 39.0 Å². The number of rotatable bonds is 5. The number of hydrogen-bond donors (Lipinski definition) is 3. The molecule has 0 bridgehead atoms. The fourth-order valence-corrected chi connectivity index (χ4v) is 6.23. The maximum Gasteiger partial charge on any atom is 0.235 e. The van der Waals surface area contributed by atoms with Crippen LogP contribution in [0.4, 0.5) is 0 Å². The van der Waals surface area contributed by atoms with Crippen LogP contribution < -0.4 is 5.73 Å². The number of fused-ring (bicyclic) bond motifs is 3. The van der Waals surface area contributed by atoms with Crippen molar-refractivity contribution >= 4 is 34.8 Å². The van der Waals surface area contributed by atoms with E-state index in [2.05, 4.69) is 0 Å². The first-order chi connectivity index (χ1) is 16.4. The highest BCUT2D eigenvalue weighted by Crippen LogP contribution is 2.51. The molecule has 10 nitrogen and oxygen atoms in total. The Labute approximate surface area is 201 Å². The van der Waals surface area contributed by atoms with Crippen LogP contribution in [-0.4, -0.2) is 75.7 Å². The van der Waals surface area contributed by atoms with Gasteiger partial charge in [-0.1, -0.05) is 6.92 Å². The second kappa shape index (κ2) is 8.46. The first-order valence-corrected chi connectivity index (χ1v) is 11.6. The van der Waals surface area contributed by atoms with Crippen molar-refractivity contribution in [2.24, 2.45) is 29.4 Å². The molecule has 3 aliphatic carbocycles. The Morgan fingerprint density at radius 2 is 1.80 bits per heavy atom. The van der Waals surface area contributed by atoms with E-state index in [1.165, 1.54) is 31.1 Å². The summed E-state index contributed by atoms with van der Waals surface area (Å²) in [5, 5.41) is 22.0. The molecule has 4 rings (SSSR count). The van der Waals surface area contributed by atoms with Gasteiger partial charge in [0, 0.05) is 17.9 Å². The number of phenols is 1. The van der Waals surface area contributed by atoms with Gasteiger partial charge in [-0.05, 0) is 57.0 Å². The van der Waals surface area contributed by atoms with E-state index in [1.54, 1.807) is 0 Å². The Morgan fingerprint density at radius 1 is 1.14 bits per heavy atom. The van der Waals surface area contributed by atoms with E-state index in [0.29, 0.717) is 12.0 Å². The molecule has 186 valence electrons. The molecule has 0 radical (unpaired) electrons. The number of Topliss-reactive ketones (excluding diaryl/α,β-unsaturated/α-hetero) is 5. The van der Waals surface area contributed by atoms with Gasteiger partial charge in [-0.3, -0.25) is 33.7 Å². The molecule has 1 aromatic carbocycles. The van der Waals surface area contributed by atoms with Gasteiger partial charge in [0.15, 0.2) is 40.4 Å². The summed E-state index contributed by atoms with van der Waals surface area (Å²) < 4.78 is 0. The van der Waals surface area contributed by atoms with Crippen molar-refractivity contribution in [1.29, 1.82) is 0 Å². The average molecular weight is 485 g/mol. The highest BCUT2D eigenvalue weighted by Gasteiger charge is 2.69. The van der Waals surface area contributed by atoms with Gasteiger partial charge in [0.1, 0.15) is 5.75 Å². The number of hydrogen-bond acceptors (Lipinski definition) is 9. The fraction of sp³-hybridized carbons (Fsp3) is 0.520. The molecule has 0 aromatic heterocycles. The van der Waals surface area contributed by atoms with Crippen molar-refractivity contribution in [1.82, 2.24) is 4.90 Å². The third kappa shape index (κ3) is 3.38. The molecule has 0 spiro atoms. The van der Waals surface area contributed by atoms with Crippen molar-refractivity contribution in [2.45, 2.75) is 44.2 Å². The van der Waals surface area contributed by atoms with Crippen LogP contribution in [0.5, 0.6) is 5.75 Å². The first-order valence-electron chi connectivity index (χ1n) is 11.6. The monoisotopic (exact) mass is 484 g/mol. The van der Waals surface area contributed by atoms with Crippen molar-refractivity contribution in [3.05, 3.63) is 28.8 Å². The number of carbonyl (C=O) groups is 6. The molecule has 35 heavy (non-hydrogen) atoms. The van der Waals surface area contributed by atoms with E-state index >= 15 is 0 Å². The lowest BCUT2D eigenvalue weighted by Gasteiger charge is -2.52. The Hall–Kier alpha value is -3.24. The minimum atomic E-state index is -2.76. The summed E-state index contributed by atoms with van der Waals surface area (Å²) >= 11 is 0. The topological polar surface area (TPSA) is 172 Å². The maximum atomic E-state index is 13.7. The standard InChI is InChI=1S/C25H28N2O8/c1-4-5-14(28)11-6-7-15(29)17-12(11)8-10-9-13-19(27(2)3)21(31)18(24(26)34)23(33)25(13,35)22(32)16(10)20(17)30/h6-7,10,13,16,18-19,29,35H,4-5,8-9H2,1-3H3,(H2,26,34)/t10-,13-,16?,18?,19-,25-/m0/s1. The number of benzene rings is 1. The summed E-state index contributed by atoms with van der Waals surface area (Å²) in [7, 11) is 3.04. The van der Waals surface area contributed by atoms with E-state index in [4.69, 9.17) is 5.73 Å². The van der Waals surface area contributed by atoms with Gasteiger partial charge in [-0.25, -0.2) is 0 Å². The Kier molecular flexibility index (Phi) is 6.01. The van der Waals surface area contributed by atoms with Crippen LogP contribution in [0, 0.1) is 23.7 Å². The number of primary amides is 1. The third-order valence-electron chi connectivity index (χ3n) is 7.72. The SMILES string of the molecule is CCCC(=O)c1ccc(O)c2c1C[C@H]1C[C@H]3[C@H](N(C)C)C(=O)C(C(N)=O)C(=O)[C@@]3(O)C(=O)C1C2=O. The fourth-order valence-electron chi connectivity index (χ4n) is 6.23. The zero-order valence-corrected chi connectivity index (χ0v) is 19.7. The summed E-state index contributed by atoms with van der Waals surface area (Å²) in [6.45, 7) is 1.84. The van der Waals surface area contributed by atoms with Crippen LogP contribution in [0.25, 0.3) is 0 Å². The normalized spacial score (nSPS) is 32.2. The molecule has 1 aromatic rings. The van der Waals surface area contributed by atoms with Gasteiger partial charge < -0.3 is 15.9 Å². The minimum Gasteiger partial charge on any atom is -0.507 e. The molecule has 1 amide bonds. The lowest BCUT2D eigenvalue weighted by molar-refractivity contribution is -0.181. The quantitative estimate of drug-likeness (QED) is 0.379. The van der Waals surface area contributed by atoms with Crippen LogP contribution >= 0.6 is 0 Å². The molecule has 2 unspecified atom stereocenters. The predicted molar refractivity (Wildman–Crippen MR) is 121 cm³/mol. The number of carbonyl (C=O) groups excluding carboxylic acids is 6.